The number of nitrogens with one attached hydrogen (secondary N) is 1. The minimum atomic E-state index is -0.513. The topological polar surface area (TPSA) is 72.2 Å². The molecule has 124 valence electrons. The van der Waals surface area contributed by atoms with Gasteiger partial charge in [0, 0.05) is 16.8 Å². The largest absolute Gasteiger partial charge is 0.366 e. The van der Waals surface area contributed by atoms with Crippen molar-refractivity contribution < 1.29 is 9.59 Å². The Morgan fingerprint density at radius 2 is 1.44 bits per heavy atom. The molecule has 0 aliphatic rings. The number of hydrogen-bond donors (Lipinski definition) is 2. The first-order valence-corrected chi connectivity index (χ1v) is 7.92. The first-order valence-electron chi connectivity index (χ1n) is 7.92. The van der Waals surface area contributed by atoms with E-state index in [1.54, 1.807) is 37.3 Å². The van der Waals surface area contributed by atoms with Crippen LogP contribution in [0.4, 0.5) is 5.69 Å². The highest BCUT2D eigenvalue weighted by Crippen LogP contribution is 2.22. The molecule has 25 heavy (non-hydrogen) atoms. The van der Waals surface area contributed by atoms with Crippen LogP contribution in [0.3, 0.4) is 0 Å². The summed E-state index contributed by atoms with van der Waals surface area (Å²) in [5.74, 6) is -0.745. The number of hydrogen-bond acceptors (Lipinski definition) is 2. The number of carbonyl (C=O) groups is 2. The Labute approximate surface area is 146 Å². The van der Waals surface area contributed by atoms with E-state index >= 15 is 0 Å². The Hall–Kier alpha value is -3.40. The van der Waals surface area contributed by atoms with Crippen LogP contribution >= 0.6 is 0 Å². The van der Waals surface area contributed by atoms with Gasteiger partial charge in [0.15, 0.2) is 0 Å². The summed E-state index contributed by atoms with van der Waals surface area (Å²) < 4.78 is 0. The summed E-state index contributed by atoms with van der Waals surface area (Å²) in [6.07, 6.45) is 0. The Balaban J connectivity index is 1.80. The van der Waals surface area contributed by atoms with Gasteiger partial charge in [-0.15, -0.1) is 0 Å². The van der Waals surface area contributed by atoms with Crippen molar-refractivity contribution in [1.29, 1.82) is 0 Å². The lowest BCUT2D eigenvalue weighted by atomic mass is 10.0. The second-order valence-corrected chi connectivity index (χ2v) is 5.74. The predicted molar refractivity (Wildman–Crippen MR) is 99.5 cm³/mol. The number of carbonyl (C=O) groups excluding carboxylic acids is 2. The highest BCUT2D eigenvalue weighted by Gasteiger charge is 2.12. The summed E-state index contributed by atoms with van der Waals surface area (Å²) in [6, 6.07) is 22.4. The molecule has 0 fully saturated rings. The van der Waals surface area contributed by atoms with Crippen molar-refractivity contribution in [2.75, 3.05) is 5.32 Å². The molecule has 0 aromatic heterocycles. The summed E-state index contributed by atoms with van der Waals surface area (Å²) in [4.78, 5) is 23.9. The van der Waals surface area contributed by atoms with Gasteiger partial charge in [-0.1, -0.05) is 48.5 Å². The van der Waals surface area contributed by atoms with Crippen LogP contribution in [0, 0.1) is 6.92 Å². The zero-order valence-corrected chi connectivity index (χ0v) is 13.8. The van der Waals surface area contributed by atoms with Crippen molar-refractivity contribution in [3.8, 4) is 11.1 Å². The Morgan fingerprint density at radius 3 is 2.08 bits per heavy atom. The van der Waals surface area contributed by atoms with Crippen LogP contribution in [0.1, 0.15) is 26.3 Å². The molecule has 0 radical (unpaired) electrons. The van der Waals surface area contributed by atoms with E-state index in [2.05, 4.69) is 5.32 Å². The van der Waals surface area contributed by atoms with E-state index in [9.17, 15) is 9.59 Å². The zero-order valence-electron chi connectivity index (χ0n) is 13.8. The third-order valence-corrected chi connectivity index (χ3v) is 4.10. The molecule has 0 saturated heterocycles. The third-order valence-electron chi connectivity index (χ3n) is 4.10. The Morgan fingerprint density at radius 1 is 0.800 bits per heavy atom. The molecular weight excluding hydrogens is 312 g/mol. The van der Waals surface area contributed by atoms with Crippen LogP contribution in [-0.2, 0) is 0 Å². The zero-order chi connectivity index (χ0) is 17.8. The van der Waals surface area contributed by atoms with Gasteiger partial charge in [-0.05, 0) is 47.9 Å². The SMILES string of the molecule is Cc1c(NC(=O)c2ccc(-c3ccccc3)cc2)cccc1C(N)=O. The molecule has 0 bridgehead atoms. The standard InChI is InChI=1S/C21H18N2O2/c1-14-18(20(22)24)8-5-9-19(14)23-21(25)17-12-10-16(11-13-17)15-6-3-2-4-7-15/h2-13H,1H3,(H2,22,24)(H,23,25). The van der Waals surface area contributed by atoms with Crippen LogP contribution in [0.25, 0.3) is 11.1 Å². The van der Waals surface area contributed by atoms with Crippen LogP contribution in [-0.4, -0.2) is 11.8 Å². The molecule has 0 unspecified atom stereocenters. The van der Waals surface area contributed by atoms with Crippen molar-refractivity contribution in [2.24, 2.45) is 5.73 Å². The number of primary amides is 1. The molecule has 4 nitrogen and oxygen atoms in total. The van der Waals surface area contributed by atoms with Gasteiger partial charge in [-0.25, -0.2) is 0 Å². The molecular formula is C21H18N2O2. The van der Waals surface area contributed by atoms with Gasteiger partial charge < -0.3 is 11.1 Å². The Kier molecular flexibility index (Phi) is 4.61. The molecule has 0 spiro atoms. The van der Waals surface area contributed by atoms with Crippen LogP contribution in [0.15, 0.2) is 72.8 Å². The van der Waals surface area contributed by atoms with Crippen LogP contribution in [0.2, 0.25) is 0 Å². The molecule has 3 aromatic rings. The molecule has 0 heterocycles. The van der Waals surface area contributed by atoms with Gasteiger partial charge in [0.05, 0.1) is 0 Å². The molecule has 3 rings (SSSR count). The van der Waals surface area contributed by atoms with E-state index in [0.29, 0.717) is 22.4 Å². The minimum absolute atomic E-state index is 0.232. The number of anilines is 1. The maximum atomic E-state index is 12.5. The van der Waals surface area contributed by atoms with Gasteiger partial charge in [0.25, 0.3) is 5.91 Å². The second-order valence-electron chi connectivity index (χ2n) is 5.74. The monoisotopic (exact) mass is 330 g/mol. The van der Waals surface area contributed by atoms with Crippen molar-refractivity contribution >= 4 is 17.5 Å². The number of amides is 2. The molecule has 0 atom stereocenters. The van der Waals surface area contributed by atoms with Crippen LogP contribution < -0.4 is 11.1 Å². The van der Waals surface area contributed by atoms with Gasteiger partial charge in [-0.3, -0.25) is 9.59 Å². The lowest BCUT2D eigenvalue weighted by Crippen LogP contribution is -2.16. The number of nitrogens with two attached hydrogens (primary N) is 1. The van der Waals surface area contributed by atoms with E-state index in [-0.39, 0.29) is 5.91 Å². The summed E-state index contributed by atoms with van der Waals surface area (Å²) in [5, 5.41) is 2.83. The molecule has 3 N–H and O–H groups in total. The molecule has 0 saturated carbocycles. The maximum Gasteiger partial charge on any atom is 0.255 e. The van der Waals surface area contributed by atoms with Gasteiger partial charge in [0.2, 0.25) is 5.91 Å². The average molecular weight is 330 g/mol. The fourth-order valence-electron chi connectivity index (χ4n) is 2.68. The van der Waals surface area contributed by atoms with Gasteiger partial charge in [0.1, 0.15) is 0 Å². The normalized spacial score (nSPS) is 10.3. The second kappa shape index (κ2) is 7.01. The van der Waals surface area contributed by atoms with Gasteiger partial charge >= 0.3 is 0 Å². The molecule has 0 aliphatic heterocycles. The molecule has 2 amide bonds. The predicted octanol–water partition coefficient (Wildman–Crippen LogP) is 4.01. The number of benzene rings is 3. The van der Waals surface area contributed by atoms with Crippen LogP contribution in [0.5, 0.6) is 0 Å². The van der Waals surface area contributed by atoms with E-state index in [4.69, 9.17) is 5.73 Å². The lowest BCUT2D eigenvalue weighted by molar-refractivity contribution is 0.0995. The average Bonchev–Trinajstić information content (AvgIpc) is 2.64. The van der Waals surface area contributed by atoms with Crippen molar-refractivity contribution in [1.82, 2.24) is 0 Å². The Bertz CT molecular complexity index is 916. The van der Waals surface area contributed by atoms with Crippen molar-refractivity contribution in [3.05, 3.63) is 89.5 Å². The maximum absolute atomic E-state index is 12.5. The molecule has 4 heteroatoms. The lowest BCUT2D eigenvalue weighted by Gasteiger charge is -2.11. The summed E-state index contributed by atoms with van der Waals surface area (Å²) in [5.41, 5.74) is 9.67. The van der Waals surface area contributed by atoms with Crippen molar-refractivity contribution in [3.63, 3.8) is 0 Å². The molecule has 3 aromatic carbocycles. The van der Waals surface area contributed by atoms with E-state index < -0.39 is 5.91 Å². The summed E-state index contributed by atoms with van der Waals surface area (Å²) in [6.45, 7) is 1.76. The smallest absolute Gasteiger partial charge is 0.255 e. The summed E-state index contributed by atoms with van der Waals surface area (Å²) in [7, 11) is 0. The highest BCUT2D eigenvalue weighted by atomic mass is 16.2. The van der Waals surface area contributed by atoms with E-state index in [1.165, 1.54) is 0 Å². The molecule has 0 aliphatic carbocycles. The van der Waals surface area contributed by atoms with Crippen molar-refractivity contribution in [2.45, 2.75) is 6.92 Å². The fourth-order valence-corrected chi connectivity index (χ4v) is 2.68. The number of rotatable bonds is 4. The first kappa shape index (κ1) is 16.5. The van der Waals surface area contributed by atoms with Gasteiger partial charge in [-0.2, -0.15) is 0 Å². The van der Waals surface area contributed by atoms with E-state index in [0.717, 1.165) is 11.1 Å². The van der Waals surface area contributed by atoms with E-state index in [1.807, 2.05) is 42.5 Å². The quantitative estimate of drug-likeness (QED) is 0.758. The fraction of sp³-hybridized carbons (Fsp3) is 0.0476. The summed E-state index contributed by atoms with van der Waals surface area (Å²) >= 11 is 0. The first-order chi connectivity index (χ1) is 12.1. The third kappa shape index (κ3) is 3.58. The minimum Gasteiger partial charge on any atom is -0.366 e. The highest BCUT2D eigenvalue weighted by molar-refractivity contribution is 6.06.